The molecule has 2 aliphatic heterocycles. The van der Waals surface area contributed by atoms with Gasteiger partial charge < -0.3 is 46.5 Å². The van der Waals surface area contributed by atoms with Crippen molar-refractivity contribution < 1.29 is 44.0 Å². The standard InChI is InChI=1S/C32H41ClN6O5.C4H4O4/c1-18(36-17-26(40)20-14-24(33)29(35)25(34)15-20)31(41)38-12-10-21(11-13-38)39-32(42)23-7-5-4-6-22(23)30(37-39)19-8-9-27(43-2)28(16-19)44-3;5-3(6)1-2-4(7)8/h4-5,8-9,14-16,18,21-23,26,36,40H,6-7,10-13,17,34-35H2,1-3H3;1-2H,(H,5,6)(H,7,8)/b;2-1+/t18?,22-,23+,26+;/m0./s1. The molecule has 8 N–H and O–H groups in total. The number of benzene rings is 2. The number of rotatable bonds is 11. The van der Waals surface area contributed by atoms with Crippen LogP contribution < -0.4 is 26.3 Å². The molecule has 2 amide bonds. The lowest BCUT2D eigenvalue weighted by Gasteiger charge is -2.43. The predicted molar refractivity (Wildman–Crippen MR) is 195 cm³/mol. The Bertz CT molecular complexity index is 1700. The summed E-state index contributed by atoms with van der Waals surface area (Å²) in [6.45, 7) is 2.91. The fourth-order valence-electron chi connectivity index (χ4n) is 6.42. The lowest BCUT2D eigenvalue weighted by molar-refractivity contribution is -0.142. The number of aliphatic hydroxyl groups excluding tert-OH is 1. The average molecular weight is 741 g/mol. The second-order valence-corrected chi connectivity index (χ2v) is 13.0. The van der Waals surface area contributed by atoms with Crippen molar-refractivity contribution in [1.82, 2.24) is 15.2 Å². The van der Waals surface area contributed by atoms with E-state index in [-0.39, 0.29) is 46.9 Å². The smallest absolute Gasteiger partial charge is 0.328 e. The van der Waals surface area contributed by atoms with E-state index in [0.717, 1.165) is 17.7 Å². The number of ether oxygens (including phenoxy) is 2. The van der Waals surface area contributed by atoms with E-state index in [1.165, 1.54) is 0 Å². The number of nitrogens with zero attached hydrogens (tertiary/aromatic N) is 3. The van der Waals surface area contributed by atoms with Gasteiger partial charge in [-0.3, -0.25) is 9.59 Å². The Hall–Kier alpha value is -5.12. The van der Waals surface area contributed by atoms with Crippen LogP contribution in [0.4, 0.5) is 11.4 Å². The number of likely N-dealkylation sites (tertiary alicyclic amines) is 1. The Labute approximate surface area is 306 Å². The minimum atomic E-state index is -1.26. The number of nitrogens with one attached hydrogen (secondary N) is 1. The minimum absolute atomic E-state index is 0.00787. The van der Waals surface area contributed by atoms with E-state index in [1.54, 1.807) is 43.2 Å². The summed E-state index contributed by atoms with van der Waals surface area (Å²) in [7, 11) is 3.20. The van der Waals surface area contributed by atoms with Gasteiger partial charge in [-0.1, -0.05) is 23.8 Å². The highest BCUT2D eigenvalue weighted by Crippen LogP contribution is 2.38. The first-order chi connectivity index (χ1) is 24.7. The summed E-state index contributed by atoms with van der Waals surface area (Å²) < 4.78 is 11.0. The van der Waals surface area contributed by atoms with Crippen LogP contribution in [0.3, 0.4) is 0 Å². The number of carbonyl (C=O) groups excluding carboxylic acids is 2. The van der Waals surface area contributed by atoms with E-state index < -0.39 is 24.1 Å². The molecule has 0 bridgehead atoms. The van der Waals surface area contributed by atoms with Gasteiger partial charge in [0.1, 0.15) is 0 Å². The van der Waals surface area contributed by atoms with Gasteiger partial charge in [0.25, 0.3) is 0 Å². The van der Waals surface area contributed by atoms with Gasteiger partial charge in [-0.05, 0) is 68.5 Å². The topological polar surface area (TPSA) is 230 Å². The number of carboxylic acids is 2. The molecule has 16 heteroatoms. The summed E-state index contributed by atoms with van der Waals surface area (Å²) in [5.41, 5.74) is 14.5. The number of amides is 2. The van der Waals surface area contributed by atoms with E-state index in [0.29, 0.717) is 67.3 Å². The quantitative estimate of drug-likeness (QED) is 0.111. The number of aliphatic carboxylic acids is 2. The lowest BCUT2D eigenvalue weighted by Crippen LogP contribution is -2.54. The number of anilines is 2. The maximum Gasteiger partial charge on any atom is 0.328 e. The van der Waals surface area contributed by atoms with Crippen LogP contribution in [0.2, 0.25) is 5.02 Å². The highest BCUT2D eigenvalue weighted by atomic mass is 35.5. The zero-order chi connectivity index (χ0) is 38.1. The van der Waals surface area contributed by atoms with E-state index >= 15 is 0 Å². The van der Waals surface area contributed by atoms with Gasteiger partial charge in [0, 0.05) is 43.3 Å². The van der Waals surface area contributed by atoms with Gasteiger partial charge in [-0.2, -0.15) is 5.10 Å². The van der Waals surface area contributed by atoms with Crippen LogP contribution in [-0.2, 0) is 19.2 Å². The third-order valence-electron chi connectivity index (χ3n) is 9.27. The number of nitrogens with two attached hydrogens (primary N) is 2. The predicted octanol–water partition coefficient (Wildman–Crippen LogP) is 3.06. The zero-order valence-corrected chi connectivity index (χ0v) is 30.0. The van der Waals surface area contributed by atoms with Crippen LogP contribution in [-0.4, -0.2) is 101 Å². The molecule has 3 aliphatic rings. The summed E-state index contributed by atoms with van der Waals surface area (Å²) in [6.07, 6.45) is 7.06. The number of methoxy groups -OCH3 is 2. The molecule has 2 aromatic rings. The molecule has 4 atom stereocenters. The third-order valence-corrected chi connectivity index (χ3v) is 9.58. The Morgan fingerprint density at radius 1 is 1.00 bits per heavy atom. The molecule has 52 heavy (non-hydrogen) atoms. The number of hydrogen-bond acceptors (Lipinski definition) is 11. The van der Waals surface area contributed by atoms with E-state index in [2.05, 4.69) is 17.5 Å². The van der Waals surface area contributed by atoms with Crippen LogP contribution in [0.5, 0.6) is 11.5 Å². The molecule has 15 nitrogen and oxygen atoms in total. The highest BCUT2D eigenvalue weighted by molar-refractivity contribution is 6.33. The van der Waals surface area contributed by atoms with Gasteiger partial charge in [-0.25, -0.2) is 14.6 Å². The zero-order valence-electron chi connectivity index (χ0n) is 29.2. The van der Waals surface area contributed by atoms with Crippen molar-refractivity contribution in [3.63, 3.8) is 0 Å². The van der Waals surface area contributed by atoms with E-state index in [1.807, 2.05) is 18.2 Å². The summed E-state index contributed by atoms with van der Waals surface area (Å²) in [6, 6.07) is 8.27. The van der Waals surface area contributed by atoms with Crippen molar-refractivity contribution in [1.29, 1.82) is 0 Å². The third kappa shape index (κ3) is 9.60. The Morgan fingerprint density at radius 3 is 2.19 bits per heavy atom. The molecule has 0 aromatic heterocycles. The van der Waals surface area contributed by atoms with Crippen molar-refractivity contribution in [2.45, 2.75) is 50.8 Å². The number of nitrogen functional groups attached to an aromatic ring is 2. The molecule has 0 saturated carbocycles. The van der Waals surface area contributed by atoms with Crippen molar-refractivity contribution in [3.8, 4) is 11.5 Å². The normalized spacial score (nSPS) is 19.9. The number of carboxylic acid groups (broad SMARTS) is 2. The van der Waals surface area contributed by atoms with Crippen molar-refractivity contribution in [2.24, 2.45) is 16.9 Å². The molecule has 2 aromatic carbocycles. The first-order valence-electron chi connectivity index (χ1n) is 16.7. The number of halogens is 1. The summed E-state index contributed by atoms with van der Waals surface area (Å²) >= 11 is 6.11. The number of aliphatic hydroxyl groups is 1. The largest absolute Gasteiger partial charge is 0.493 e. The number of carbonyl (C=O) groups is 4. The second kappa shape index (κ2) is 17.9. The molecule has 2 heterocycles. The molecular formula is C36H45ClN6O9. The maximum atomic E-state index is 13.7. The van der Waals surface area contributed by atoms with Crippen molar-refractivity contribution in [3.05, 3.63) is 70.8 Å². The highest BCUT2D eigenvalue weighted by Gasteiger charge is 2.43. The molecule has 280 valence electrons. The molecule has 1 aliphatic carbocycles. The van der Waals surface area contributed by atoms with E-state index in [4.69, 9.17) is 47.9 Å². The van der Waals surface area contributed by atoms with Gasteiger partial charge in [0.05, 0.1) is 60.4 Å². The van der Waals surface area contributed by atoms with Crippen LogP contribution >= 0.6 is 11.6 Å². The minimum Gasteiger partial charge on any atom is -0.493 e. The maximum absolute atomic E-state index is 13.7. The molecule has 1 unspecified atom stereocenters. The summed E-state index contributed by atoms with van der Waals surface area (Å²) in [4.78, 5) is 47.9. The first kappa shape index (κ1) is 39.7. The fraction of sp³-hybridized carbons (Fsp3) is 0.417. The second-order valence-electron chi connectivity index (χ2n) is 12.6. The molecule has 1 fully saturated rings. The number of fused-ring (bicyclic) bond motifs is 1. The Kier molecular flexibility index (Phi) is 13.6. The number of hydrogen-bond donors (Lipinski definition) is 6. The number of hydrazone groups is 1. The average Bonchev–Trinajstić information content (AvgIpc) is 3.14. The number of piperidine rings is 1. The molecule has 0 spiro atoms. The van der Waals surface area contributed by atoms with Gasteiger partial charge in [0.15, 0.2) is 11.5 Å². The molecule has 0 radical (unpaired) electrons. The lowest BCUT2D eigenvalue weighted by atomic mass is 9.76. The van der Waals surface area contributed by atoms with E-state index in [9.17, 15) is 24.3 Å². The summed E-state index contributed by atoms with van der Waals surface area (Å²) in [5, 5.41) is 36.3. The van der Waals surface area contributed by atoms with Gasteiger partial charge in [0.2, 0.25) is 11.8 Å². The monoisotopic (exact) mass is 740 g/mol. The van der Waals surface area contributed by atoms with Gasteiger partial charge >= 0.3 is 11.9 Å². The van der Waals surface area contributed by atoms with Crippen LogP contribution in [0, 0.1) is 11.8 Å². The Morgan fingerprint density at radius 2 is 1.62 bits per heavy atom. The summed E-state index contributed by atoms with van der Waals surface area (Å²) in [5.74, 6) is -1.48. The Balaban J connectivity index is 0.000000677. The van der Waals surface area contributed by atoms with Gasteiger partial charge in [-0.15, -0.1) is 0 Å². The first-order valence-corrected chi connectivity index (χ1v) is 17.1. The number of allylic oxidation sites excluding steroid dienone is 2. The van der Waals surface area contributed by atoms with Crippen LogP contribution in [0.25, 0.3) is 0 Å². The molecular weight excluding hydrogens is 696 g/mol. The van der Waals surface area contributed by atoms with Crippen molar-refractivity contribution >= 4 is 52.4 Å². The fourth-order valence-corrected chi connectivity index (χ4v) is 6.66. The van der Waals surface area contributed by atoms with Crippen LogP contribution in [0.15, 0.2) is 59.7 Å². The molecule has 1 saturated heterocycles. The van der Waals surface area contributed by atoms with Crippen LogP contribution in [0.1, 0.15) is 49.8 Å². The van der Waals surface area contributed by atoms with Crippen molar-refractivity contribution in [2.75, 3.05) is 45.3 Å². The molecule has 5 rings (SSSR count). The SMILES string of the molecule is COc1ccc(C2=NN(C3CCN(C(=O)C(C)NC[C@@H](O)c4cc(N)c(N)c(Cl)c4)CC3)C(=O)[C@@H]3CC=CC[C@H]23)cc1OC.O=C(O)/C=C/C(=O)O.